The second-order valence-electron chi connectivity index (χ2n) is 5.06. The third-order valence-corrected chi connectivity index (χ3v) is 4.41. The van der Waals surface area contributed by atoms with Crippen LogP contribution in [0.4, 0.5) is 5.69 Å². The number of imidazole rings is 1. The summed E-state index contributed by atoms with van der Waals surface area (Å²) in [5, 5.41) is 4.44. The lowest BCUT2D eigenvalue weighted by molar-refractivity contribution is -0.113. The van der Waals surface area contributed by atoms with Gasteiger partial charge in [-0.2, -0.15) is 0 Å². The molecular formula is C16H13Cl2N3OS. The van der Waals surface area contributed by atoms with Crippen molar-refractivity contribution < 1.29 is 4.79 Å². The number of aromatic nitrogens is 2. The third-order valence-electron chi connectivity index (χ3n) is 3.10. The van der Waals surface area contributed by atoms with E-state index in [4.69, 9.17) is 23.2 Å². The maximum atomic E-state index is 12.0. The van der Waals surface area contributed by atoms with Gasteiger partial charge in [0, 0.05) is 15.7 Å². The number of carbonyl (C=O) groups is 1. The SMILES string of the molecule is Cc1ccc2nc(SCC(=O)Nc3cc(Cl)cc(Cl)c3)[nH]c2c1. The molecule has 0 saturated carbocycles. The Morgan fingerprint density at radius 3 is 2.70 bits per heavy atom. The topological polar surface area (TPSA) is 57.8 Å². The van der Waals surface area contributed by atoms with Crippen molar-refractivity contribution in [3.05, 3.63) is 52.0 Å². The summed E-state index contributed by atoms with van der Waals surface area (Å²) in [6.07, 6.45) is 0. The van der Waals surface area contributed by atoms with Crippen molar-refractivity contribution in [3.8, 4) is 0 Å². The summed E-state index contributed by atoms with van der Waals surface area (Å²) < 4.78 is 0. The van der Waals surface area contributed by atoms with E-state index in [9.17, 15) is 4.79 Å². The van der Waals surface area contributed by atoms with Gasteiger partial charge in [-0.05, 0) is 42.8 Å². The van der Waals surface area contributed by atoms with Gasteiger partial charge in [-0.15, -0.1) is 0 Å². The molecule has 0 fully saturated rings. The fourth-order valence-corrected chi connectivity index (χ4v) is 3.34. The van der Waals surface area contributed by atoms with Gasteiger partial charge in [0.15, 0.2) is 5.16 Å². The van der Waals surface area contributed by atoms with Gasteiger partial charge in [0.25, 0.3) is 0 Å². The number of halogens is 2. The van der Waals surface area contributed by atoms with Crippen molar-refractivity contribution in [1.82, 2.24) is 9.97 Å². The zero-order valence-electron chi connectivity index (χ0n) is 12.2. The van der Waals surface area contributed by atoms with Crippen LogP contribution in [0.15, 0.2) is 41.6 Å². The van der Waals surface area contributed by atoms with Crippen LogP contribution >= 0.6 is 35.0 Å². The lowest BCUT2D eigenvalue weighted by atomic mass is 10.2. The second kappa shape index (κ2) is 6.83. The number of anilines is 1. The monoisotopic (exact) mass is 365 g/mol. The number of aromatic amines is 1. The van der Waals surface area contributed by atoms with Crippen LogP contribution in [0.2, 0.25) is 10.0 Å². The molecule has 0 aliphatic rings. The minimum Gasteiger partial charge on any atom is -0.333 e. The van der Waals surface area contributed by atoms with Crippen LogP contribution in [0.3, 0.4) is 0 Å². The first kappa shape index (κ1) is 16.2. The summed E-state index contributed by atoms with van der Waals surface area (Å²) in [6, 6.07) is 10.9. The van der Waals surface area contributed by atoms with E-state index in [2.05, 4.69) is 15.3 Å². The zero-order chi connectivity index (χ0) is 16.4. The van der Waals surface area contributed by atoms with Crippen molar-refractivity contribution in [1.29, 1.82) is 0 Å². The van der Waals surface area contributed by atoms with Crippen LogP contribution in [0.1, 0.15) is 5.56 Å². The molecule has 1 aromatic heterocycles. The Labute approximate surface area is 147 Å². The molecule has 1 heterocycles. The lowest BCUT2D eigenvalue weighted by Crippen LogP contribution is -2.14. The zero-order valence-corrected chi connectivity index (χ0v) is 14.5. The van der Waals surface area contributed by atoms with Crippen molar-refractivity contribution in [2.24, 2.45) is 0 Å². The molecule has 23 heavy (non-hydrogen) atoms. The highest BCUT2D eigenvalue weighted by atomic mass is 35.5. The highest BCUT2D eigenvalue weighted by Gasteiger charge is 2.08. The molecule has 2 N–H and O–H groups in total. The molecule has 7 heteroatoms. The van der Waals surface area contributed by atoms with E-state index < -0.39 is 0 Å². The number of nitrogens with one attached hydrogen (secondary N) is 2. The van der Waals surface area contributed by atoms with Gasteiger partial charge < -0.3 is 10.3 Å². The van der Waals surface area contributed by atoms with Crippen LogP contribution in [0.5, 0.6) is 0 Å². The number of rotatable bonds is 4. The quantitative estimate of drug-likeness (QED) is 0.645. The maximum Gasteiger partial charge on any atom is 0.234 e. The summed E-state index contributed by atoms with van der Waals surface area (Å²) in [5.41, 5.74) is 3.59. The Hall–Kier alpha value is -1.69. The van der Waals surface area contributed by atoms with Crippen LogP contribution < -0.4 is 5.32 Å². The molecule has 0 aliphatic carbocycles. The number of aryl methyl sites for hydroxylation is 1. The van der Waals surface area contributed by atoms with Crippen molar-refractivity contribution in [2.75, 3.05) is 11.1 Å². The molecule has 1 amide bonds. The number of nitrogens with zero attached hydrogens (tertiary/aromatic N) is 1. The van der Waals surface area contributed by atoms with E-state index in [0.717, 1.165) is 16.6 Å². The molecule has 118 valence electrons. The van der Waals surface area contributed by atoms with E-state index >= 15 is 0 Å². The van der Waals surface area contributed by atoms with Crippen LogP contribution in [0.25, 0.3) is 11.0 Å². The van der Waals surface area contributed by atoms with Gasteiger partial charge in [-0.25, -0.2) is 4.98 Å². The molecule has 0 bridgehead atoms. The van der Waals surface area contributed by atoms with Crippen molar-refractivity contribution in [2.45, 2.75) is 12.1 Å². The van der Waals surface area contributed by atoms with Gasteiger partial charge in [-0.3, -0.25) is 4.79 Å². The minimum atomic E-state index is -0.148. The first-order valence-corrected chi connectivity index (χ1v) is 8.59. The molecule has 0 aliphatic heterocycles. The molecule has 3 rings (SSSR count). The van der Waals surface area contributed by atoms with Crippen molar-refractivity contribution in [3.63, 3.8) is 0 Å². The first-order chi connectivity index (χ1) is 11.0. The van der Waals surface area contributed by atoms with E-state index in [1.807, 2.05) is 25.1 Å². The molecule has 0 radical (unpaired) electrons. The number of carbonyl (C=O) groups excluding carboxylic acids is 1. The predicted octanol–water partition coefficient (Wildman–Crippen LogP) is 4.91. The number of fused-ring (bicyclic) bond motifs is 1. The minimum absolute atomic E-state index is 0.148. The van der Waals surface area contributed by atoms with E-state index in [1.54, 1.807) is 18.2 Å². The normalized spacial score (nSPS) is 10.9. The number of benzene rings is 2. The Morgan fingerprint density at radius 2 is 1.96 bits per heavy atom. The second-order valence-corrected chi connectivity index (χ2v) is 6.89. The molecule has 0 spiro atoms. The molecule has 0 unspecified atom stereocenters. The van der Waals surface area contributed by atoms with Gasteiger partial charge in [-0.1, -0.05) is 41.0 Å². The van der Waals surface area contributed by atoms with E-state index in [0.29, 0.717) is 20.9 Å². The highest BCUT2D eigenvalue weighted by molar-refractivity contribution is 7.99. The predicted molar refractivity (Wildman–Crippen MR) is 96.6 cm³/mol. The summed E-state index contributed by atoms with van der Waals surface area (Å²) in [6.45, 7) is 2.02. The molecule has 4 nitrogen and oxygen atoms in total. The Bertz CT molecular complexity index is 859. The van der Waals surface area contributed by atoms with Crippen LogP contribution in [-0.2, 0) is 4.79 Å². The average molecular weight is 366 g/mol. The van der Waals surface area contributed by atoms with Gasteiger partial charge in [0.2, 0.25) is 5.91 Å². The molecule has 0 saturated heterocycles. The van der Waals surface area contributed by atoms with Gasteiger partial charge in [0.05, 0.1) is 16.8 Å². The number of thioether (sulfide) groups is 1. The smallest absolute Gasteiger partial charge is 0.234 e. The van der Waals surface area contributed by atoms with Crippen LogP contribution in [0, 0.1) is 6.92 Å². The fraction of sp³-hybridized carbons (Fsp3) is 0.125. The van der Waals surface area contributed by atoms with Gasteiger partial charge >= 0.3 is 0 Å². The van der Waals surface area contributed by atoms with Crippen LogP contribution in [-0.4, -0.2) is 21.6 Å². The largest absolute Gasteiger partial charge is 0.333 e. The molecular weight excluding hydrogens is 353 g/mol. The third kappa shape index (κ3) is 4.19. The molecule has 2 aromatic carbocycles. The maximum absolute atomic E-state index is 12.0. The van der Waals surface area contributed by atoms with Crippen molar-refractivity contribution >= 4 is 57.6 Å². The molecule has 3 aromatic rings. The number of amides is 1. The fourth-order valence-electron chi connectivity index (χ4n) is 2.13. The lowest BCUT2D eigenvalue weighted by Gasteiger charge is -2.05. The summed E-state index contributed by atoms with van der Waals surface area (Å²) in [7, 11) is 0. The van der Waals surface area contributed by atoms with E-state index in [1.165, 1.54) is 11.8 Å². The number of H-pyrrole nitrogens is 1. The van der Waals surface area contributed by atoms with Gasteiger partial charge in [0.1, 0.15) is 0 Å². The summed E-state index contributed by atoms with van der Waals surface area (Å²) >= 11 is 13.2. The standard InChI is InChI=1S/C16H13Cl2N3OS/c1-9-2-3-13-14(4-9)21-16(20-13)23-8-15(22)19-12-6-10(17)5-11(18)7-12/h2-7H,8H2,1H3,(H,19,22)(H,20,21). The molecule has 0 atom stereocenters. The summed E-state index contributed by atoms with van der Waals surface area (Å²) in [4.78, 5) is 19.7. The summed E-state index contributed by atoms with van der Waals surface area (Å²) in [5.74, 6) is 0.0908. The van der Waals surface area contributed by atoms with E-state index in [-0.39, 0.29) is 11.7 Å². The first-order valence-electron chi connectivity index (χ1n) is 6.85. The average Bonchev–Trinajstić information content (AvgIpc) is 2.86. The Kier molecular flexibility index (Phi) is 4.80. The highest BCUT2D eigenvalue weighted by Crippen LogP contribution is 2.23. The Balaban J connectivity index is 1.63. The number of hydrogen-bond donors (Lipinski definition) is 2. The number of hydrogen-bond acceptors (Lipinski definition) is 3. The Morgan fingerprint density at radius 1 is 1.22 bits per heavy atom.